The molecule has 0 saturated carbocycles. The molecule has 9 nitrogen and oxygen atoms in total. The van der Waals surface area contributed by atoms with Crippen molar-refractivity contribution in [2.45, 2.75) is 25.8 Å². The Morgan fingerprint density at radius 3 is 2.52 bits per heavy atom. The molecule has 0 spiro atoms. The summed E-state index contributed by atoms with van der Waals surface area (Å²) < 4.78 is 17.5. The van der Waals surface area contributed by atoms with Crippen LogP contribution in [0.25, 0.3) is 5.65 Å². The van der Waals surface area contributed by atoms with Gasteiger partial charge in [-0.2, -0.15) is 4.52 Å². The predicted octanol–water partition coefficient (Wildman–Crippen LogP) is 1.67. The Morgan fingerprint density at radius 2 is 1.79 bits per heavy atom. The topological polar surface area (TPSA) is 91.1 Å². The molecule has 0 fully saturated rings. The second-order valence-electron chi connectivity index (χ2n) is 6.80. The molecular formula is C20H23N5O4. The summed E-state index contributed by atoms with van der Waals surface area (Å²) >= 11 is 0. The number of benzene rings is 1. The highest BCUT2D eigenvalue weighted by Gasteiger charge is 2.23. The van der Waals surface area contributed by atoms with Gasteiger partial charge in [0.1, 0.15) is 0 Å². The predicted molar refractivity (Wildman–Crippen MR) is 104 cm³/mol. The van der Waals surface area contributed by atoms with Crippen LogP contribution in [-0.2, 0) is 24.2 Å². The zero-order chi connectivity index (χ0) is 20.4. The number of hydrogen-bond donors (Lipinski definition) is 0. The van der Waals surface area contributed by atoms with Gasteiger partial charge in [0.15, 0.2) is 23.0 Å². The summed E-state index contributed by atoms with van der Waals surface area (Å²) in [6, 6.07) is 7.47. The van der Waals surface area contributed by atoms with Gasteiger partial charge in [0.25, 0.3) is 0 Å². The van der Waals surface area contributed by atoms with Gasteiger partial charge < -0.3 is 19.1 Å². The molecule has 4 rings (SSSR count). The zero-order valence-corrected chi connectivity index (χ0v) is 16.7. The molecule has 3 aromatic rings. The third kappa shape index (κ3) is 3.67. The SMILES string of the molecule is COc1ccc2nnc(CCC(=O)N3CCc4cc(OC)c(OC)cc4C3)n2n1. The quantitative estimate of drug-likeness (QED) is 0.625. The molecule has 0 radical (unpaired) electrons. The molecular weight excluding hydrogens is 374 g/mol. The van der Waals surface area contributed by atoms with Gasteiger partial charge in [-0.25, -0.2) is 0 Å². The van der Waals surface area contributed by atoms with Gasteiger partial charge >= 0.3 is 0 Å². The number of methoxy groups -OCH3 is 3. The Labute approximate surface area is 168 Å². The van der Waals surface area contributed by atoms with E-state index >= 15 is 0 Å². The highest BCUT2D eigenvalue weighted by Crippen LogP contribution is 2.33. The average Bonchev–Trinajstić information content (AvgIpc) is 3.17. The number of aryl methyl sites for hydroxylation is 1. The smallest absolute Gasteiger partial charge is 0.231 e. The first-order chi connectivity index (χ1) is 14.1. The van der Waals surface area contributed by atoms with E-state index in [-0.39, 0.29) is 5.91 Å². The van der Waals surface area contributed by atoms with Crippen LogP contribution in [0.4, 0.5) is 0 Å². The highest BCUT2D eigenvalue weighted by molar-refractivity contribution is 5.76. The summed E-state index contributed by atoms with van der Waals surface area (Å²) in [5.74, 6) is 2.58. The van der Waals surface area contributed by atoms with E-state index in [4.69, 9.17) is 14.2 Å². The first kappa shape index (κ1) is 19.0. The van der Waals surface area contributed by atoms with Gasteiger partial charge in [-0.3, -0.25) is 4.79 Å². The number of carbonyl (C=O) groups is 1. The molecule has 29 heavy (non-hydrogen) atoms. The molecule has 0 unspecified atom stereocenters. The Bertz CT molecular complexity index is 1050. The van der Waals surface area contributed by atoms with E-state index in [0.717, 1.165) is 12.0 Å². The van der Waals surface area contributed by atoms with Crippen molar-refractivity contribution >= 4 is 11.6 Å². The van der Waals surface area contributed by atoms with Crippen molar-refractivity contribution in [3.8, 4) is 17.4 Å². The molecule has 2 aromatic heterocycles. The molecule has 1 amide bonds. The van der Waals surface area contributed by atoms with Crippen molar-refractivity contribution < 1.29 is 19.0 Å². The van der Waals surface area contributed by atoms with Gasteiger partial charge in [0.2, 0.25) is 11.8 Å². The lowest BCUT2D eigenvalue weighted by molar-refractivity contribution is -0.132. The van der Waals surface area contributed by atoms with Crippen LogP contribution in [-0.4, -0.2) is 58.5 Å². The van der Waals surface area contributed by atoms with Crippen molar-refractivity contribution in [2.24, 2.45) is 0 Å². The van der Waals surface area contributed by atoms with Crippen molar-refractivity contribution in [3.05, 3.63) is 41.2 Å². The maximum absolute atomic E-state index is 12.8. The lowest BCUT2D eigenvalue weighted by Gasteiger charge is -2.29. The van der Waals surface area contributed by atoms with Crippen LogP contribution >= 0.6 is 0 Å². The standard InChI is InChI=1S/C20H23N5O4/c1-27-15-10-13-8-9-24(12-14(13)11-16(15)28-2)20(26)7-5-18-22-21-17-4-6-19(29-3)23-25(17)18/h4,6,10-11H,5,7-9,12H2,1-3H3. The molecule has 0 saturated heterocycles. The summed E-state index contributed by atoms with van der Waals surface area (Å²) in [6.07, 6.45) is 1.58. The minimum atomic E-state index is 0.0741. The van der Waals surface area contributed by atoms with Crippen LogP contribution < -0.4 is 14.2 Å². The molecule has 0 bridgehead atoms. The average molecular weight is 397 g/mol. The first-order valence-electron chi connectivity index (χ1n) is 9.39. The number of amides is 1. The number of rotatable bonds is 6. The summed E-state index contributed by atoms with van der Waals surface area (Å²) in [5.41, 5.74) is 2.90. The third-order valence-electron chi connectivity index (χ3n) is 5.15. The molecule has 1 aliphatic heterocycles. The number of nitrogens with zero attached hydrogens (tertiary/aromatic N) is 5. The maximum Gasteiger partial charge on any atom is 0.231 e. The molecule has 152 valence electrons. The molecule has 1 aromatic carbocycles. The Hall–Kier alpha value is -3.36. The Kier molecular flexibility index (Phi) is 5.20. The zero-order valence-electron chi connectivity index (χ0n) is 16.7. The lowest BCUT2D eigenvalue weighted by Crippen LogP contribution is -2.36. The Balaban J connectivity index is 1.45. The Morgan fingerprint density at radius 1 is 1.03 bits per heavy atom. The van der Waals surface area contributed by atoms with E-state index in [9.17, 15) is 4.79 Å². The number of fused-ring (bicyclic) bond motifs is 2. The second-order valence-corrected chi connectivity index (χ2v) is 6.80. The monoisotopic (exact) mass is 397 g/mol. The van der Waals surface area contributed by atoms with Gasteiger partial charge in [-0.15, -0.1) is 15.3 Å². The summed E-state index contributed by atoms with van der Waals surface area (Å²) in [5, 5.41) is 12.6. The molecule has 0 atom stereocenters. The van der Waals surface area contributed by atoms with Crippen LogP contribution in [0.2, 0.25) is 0 Å². The molecule has 1 aliphatic rings. The van der Waals surface area contributed by atoms with Crippen molar-refractivity contribution in [2.75, 3.05) is 27.9 Å². The van der Waals surface area contributed by atoms with E-state index < -0.39 is 0 Å². The molecule has 9 heteroatoms. The van der Waals surface area contributed by atoms with Crippen LogP contribution in [0.15, 0.2) is 24.3 Å². The fraction of sp³-hybridized carbons (Fsp3) is 0.400. The minimum absolute atomic E-state index is 0.0741. The van der Waals surface area contributed by atoms with Crippen molar-refractivity contribution in [1.82, 2.24) is 24.7 Å². The highest BCUT2D eigenvalue weighted by atomic mass is 16.5. The summed E-state index contributed by atoms with van der Waals surface area (Å²) in [6.45, 7) is 1.23. The number of carbonyl (C=O) groups excluding carboxylic acids is 1. The van der Waals surface area contributed by atoms with Crippen LogP contribution in [0, 0.1) is 0 Å². The van der Waals surface area contributed by atoms with Gasteiger partial charge in [-0.1, -0.05) is 0 Å². The summed E-state index contributed by atoms with van der Waals surface area (Å²) in [7, 11) is 4.80. The van der Waals surface area contributed by atoms with Crippen LogP contribution in [0.1, 0.15) is 23.4 Å². The molecule has 0 N–H and O–H groups in total. The molecule has 0 aliphatic carbocycles. The van der Waals surface area contributed by atoms with E-state index in [1.54, 1.807) is 38.0 Å². The normalized spacial score (nSPS) is 13.3. The number of aromatic nitrogens is 4. The first-order valence-corrected chi connectivity index (χ1v) is 9.39. The van der Waals surface area contributed by atoms with Crippen LogP contribution in [0.5, 0.6) is 17.4 Å². The summed E-state index contributed by atoms with van der Waals surface area (Å²) in [4.78, 5) is 14.7. The largest absolute Gasteiger partial charge is 0.493 e. The maximum atomic E-state index is 12.8. The van der Waals surface area contributed by atoms with Gasteiger partial charge in [-0.05, 0) is 35.7 Å². The number of hydrogen-bond acceptors (Lipinski definition) is 7. The number of ether oxygens (including phenoxy) is 3. The van der Waals surface area contributed by atoms with Gasteiger partial charge in [0, 0.05) is 32.0 Å². The van der Waals surface area contributed by atoms with E-state index in [0.29, 0.717) is 54.8 Å². The van der Waals surface area contributed by atoms with Gasteiger partial charge in [0.05, 0.1) is 21.3 Å². The fourth-order valence-electron chi connectivity index (χ4n) is 3.55. The van der Waals surface area contributed by atoms with Crippen molar-refractivity contribution in [1.29, 1.82) is 0 Å². The fourth-order valence-corrected chi connectivity index (χ4v) is 3.55. The minimum Gasteiger partial charge on any atom is -0.493 e. The molecule has 3 heterocycles. The van der Waals surface area contributed by atoms with E-state index in [1.165, 1.54) is 5.56 Å². The van der Waals surface area contributed by atoms with E-state index in [2.05, 4.69) is 15.3 Å². The van der Waals surface area contributed by atoms with E-state index in [1.807, 2.05) is 17.0 Å². The van der Waals surface area contributed by atoms with Crippen LogP contribution in [0.3, 0.4) is 0 Å². The van der Waals surface area contributed by atoms with Crippen molar-refractivity contribution in [3.63, 3.8) is 0 Å². The lowest BCUT2D eigenvalue weighted by atomic mass is 9.98. The third-order valence-corrected chi connectivity index (χ3v) is 5.15. The second kappa shape index (κ2) is 7.94.